The number of fused-ring (bicyclic) bond motifs is 2. The lowest BCUT2D eigenvalue weighted by Crippen LogP contribution is -2.45. The van der Waals surface area contributed by atoms with Gasteiger partial charge in [-0.2, -0.15) is 10.2 Å². The molecular weight excluding hydrogens is 495 g/mol. The molecule has 3 aromatic heterocycles. The molecular formula is C29H31FN8O. The number of anilines is 1. The van der Waals surface area contributed by atoms with Crippen LogP contribution in [0.3, 0.4) is 0 Å². The summed E-state index contributed by atoms with van der Waals surface area (Å²) in [6, 6.07) is 13.7. The minimum absolute atomic E-state index is 0.247. The molecule has 2 fully saturated rings. The van der Waals surface area contributed by atoms with Gasteiger partial charge in [0.15, 0.2) is 5.65 Å². The van der Waals surface area contributed by atoms with Gasteiger partial charge >= 0.3 is 0 Å². The molecule has 4 heterocycles. The van der Waals surface area contributed by atoms with Crippen LogP contribution < -0.4 is 5.73 Å². The summed E-state index contributed by atoms with van der Waals surface area (Å²) in [6.45, 7) is 4.20. The van der Waals surface area contributed by atoms with Gasteiger partial charge in [0.2, 0.25) is 0 Å². The number of benzene rings is 2. The van der Waals surface area contributed by atoms with E-state index in [-0.39, 0.29) is 11.9 Å². The second-order valence-electron chi connectivity index (χ2n) is 10.6. The molecule has 0 spiro atoms. The molecule has 2 N–H and O–H groups in total. The number of hydrogen-bond acceptors (Lipinski definition) is 7. The highest BCUT2D eigenvalue weighted by Crippen LogP contribution is 2.37. The molecule has 0 amide bonds. The van der Waals surface area contributed by atoms with Gasteiger partial charge in [-0.1, -0.05) is 18.2 Å². The third-order valence-corrected chi connectivity index (χ3v) is 8.23. The van der Waals surface area contributed by atoms with Crippen LogP contribution in [0, 0.1) is 5.82 Å². The zero-order valence-electron chi connectivity index (χ0n) is 21.7. The number of aromatic nitrogens is 6. The predicted molar refractivity (Wildman–Crippen MR) is 148 cm³/mol. The maximum absolute atomic E-state index is 13.7. The summed E-state index contributed by atoms with van der Waals surface area (Å²) in [5, 5.41) is 11.4. The van der Waals surface area contributed by atoms with Gasteiger partial charge < -0.3 is 10.5 Å². The molecule has 2 aliphatic rings. The molecule has 200 valence electrons. The second-order valence-corrected chi connectivity index (χ2v) is 10.6. The van der Waals surface area contributed by atoms with Crippen LogP contribution in [0.25, 0.3) is 33.2 Å². The first kappa shape index (κ1) is 24.2. The van der Waals surface area contributed by atoms with Crippen LogP contribution in [0.4, 0.5) is 10.2 Å². The number of rotatable bonds is 5. The summed E-state index contributed by atoms with van der Waals surface area (Å²) >= 11 is 0. The monoisotopic (exact) mass is 526 g/mol. The van der Waals surface area contributed by atoms with Gasteiger partial charge in [-0.05, 0) is 55.5 Å². The van der Waals surface area contributed by atoms with Crippen molar-refractivity contribution in [2.45, 2.75) is 44.3 Å². The minimum Gasteiger partial charge on any atom is -0.383 e. The Balaban J connectivity index is 1.19. The number of nitrogen functional groups attached to an aromatic ring is 1. The van der Waals surface area contributed by atoms with E-state index >= 15 is 0 Å². The fourth-order valence-electron chi connectivity index (χ4n) is 6.23. The normalized spacial score (nSPS) is 20.6. The van der Waals surface area contributed by atoms with Gasteiger partial charge in [0.1, 0.15) is 23.7 Å². The smallest absolute Gasteiger partial charge is 0.164 e. The Labute approximate surface area is 225 Å². The molecule has 5 aromatic rings. The average molecular weight is 527 g/mol. The van der Waals surface area contributed by atoms with E-state index in [0.29, 0.717) is 18.4 Å². The lowest BCUT2D eigenvalue weighted by atomic mass is 9.90. The highest BCUT2D eigenvalue weighted by atomic mass is 19.1. The van der Waals surface area contributed by atoms with Crippen molar-refractivity contribution in [3.8, 4) is 11.3 Å². The van der Waals surface area contributed by atoms with Gasteiger partial charge in [0.25, 0.3) is 0 Å². The van der Waals surface area contributed by atoms with Gasteiger partial charge in [-0.3, -0.25) is 9.58 Å². The SMILES string of the molecule is Nc1ncnc2c1c(-c1ccc3c(cnn3Cc3cccc(F)c3)c1)nn2C1CCC(N2CCOCC2)CC1. The van der Waals surface area contributed by atoms with Crippen molar-refractivity contribution in [2.75, 3.05) is 32.0 Å². The maximum atomic E-state index is 13.7. The summed E-state index contributed by atoms with van der Waals surface area (Å²) < 4.78 is 23.2. The lowest BCUT2D eigenvalue weighted by Gasteiger charge is -2.38. The van der Waals surface area contributed by atoms with Crippen LogP contribution in [-0.2, 0) is 11.3 Å². The molecule has 2 aromatic carbocycles. The molecule has 9 nitrogen and oxygen atoms in total. The first-order valence-electron chi connectivity index (χ1n) is 13.6. The predicted octanol–water partition coefficient (Wildman–Crippen LogP) is 4.43. The van der Waals surface area contributed by atoms with E-state index < -0.39 is 0 Å². The molecule has 39 heavy (non-hydrogen) atoms. The van der Waals surface area contributed by atoms with Crippen LogP contribution in [0.2, 0.25) is 0 Å². The zero-order chi connectivity index (χ0) is 26.3. The summed E-state index contributed by atoms with van der Waals surface area (Å²) in [7, 11) is 0. The molecule has 0 atom stereocenters. The van der Waals surface area contributed by atoms with E-state index in [2.05, 4.69) is 30.7 Å². The van der Waals surface area contributed by atoms with E-state index in [1.165, 1.54) is 18.5 Å². The largest absolute Gasteiger partial charge is 0.383 e. The van der Waals surface area contributed by atoms with E-state index in [1.54, 1.807) is 6.07 Å². The Hall–Kier alpha value is -3.89. The van der Waals surface area contributed by atoms with E-state index in [4.69, 9.17) is 15.6 Å². The van der Waals surface area contributed by atoms with Gasteiger partial charge in [-0.15, -0.1) is 0 Å². The van der Waals surface area contributed by atoms with Gasteiger partial charge in [-0.25, -0.2) is 19.0 Å². The highest BCUT2D eigenvalue weighted by molar-refractivity contribution is 5.99. The average Bonchev–Trinajstić information content (AvgIpc) is 3.56. The van der Waals surface area contributed by atoms with Crippen LogP contribution in [0.15, 0.2) is 55.0 Å². The molecule has 1 saturated carbocycles. The van der Waals surface area contributed by atoms with Crippen LogP contribution in [0.1, 0.15) is 37.3 Å². The quantitative estimate of drug-likeness (QED) is 0.362. The summed E-state index contributed by atoms with van der Waals surface area (Å²) in [5.41, 5.74) is 10.8. The second kappa shape index (κ2) is 10.0. The van der Waals surface area contributed by atoms with Gasteiger partial charge in [0.05, 0.1) is 42.9 Å². The number of nitrogens with two attached hydrogens (primary N) is 1. The molecule has 1 saturated heterocycles. The standard InChI is InChI=1S/C29H31FN8O/c30-22-3-1-2-19(14-22)17-37-25-9-4-20(15-21(25)16-34-37)27-26-28(31)32-18-33-29(26)38(35-27)24-7-5-23(6-8-24)36-10-12-39-13-11-36/h1-4,9,14-16,18,23-24H,5-8,10-13,17H2,(H2,31,32,33). The molecule has 1 aliphatic heterocycles. The Morgan fingerprint density at radius 3 is 2.62 bits per heavy atom. The molecule has 1 aliphatic carbocycles. The van der Waals surface area contributed by atoms with E-state index in [0.717, 1.165) is 90.7 Å². The topological polar surface area (TPSA) is 99.9 Å². The fraction of sp³-hybridized carbons (Fsp3) is 0.379. The number of ether oxygens (including phenoxy) is 1. The summed E-state index contributed by atoms with van der Waals surface area (Å²) in [4.78, 5) is 11.5. The maximum Gasteiger partial charge on any atom is 0.164 e. The third kappa shape index (κ3) is 4.53. The molecule has 0 unspecified atom stereocenters. The zero-order valence-corrected chi connectivity index (χ0v) is 21.7. The Kier molecular flexibility index (Phi) is 6.21. The first-order valence-corrected chi connectivity index (χ1v) is 13.6. The molecule has 7 rings (SSSR count). The van der Waals surface area contributed by atoms with Crippen molar-refractivity contribution in [1.82, 2.24) is 34.4 Å². The molecule has 0 radical (unpaired) electrons. The van der Waals surface area contributed by atoms with Crippen molar-refractivity contribution < 1.29 is 9.13 Å². The minimum atomic E-state index is -0.247. The summed E-state index contributed by atoms with van der Waals surface area (Å²) in [5.74, 6) is 0.188. The van der Waals surface area contributed by atoms with Crippen molar-refractivity contribution in [2.24, 2.45) is 0 Å². The highest BCUT2D eigenvalue weighted by Gasteiger charge is 2.30. The number of nitrogens with zero attached hydrogens (tertiary/aromatic N) is 7. The van der Waals surface area contributed by atoms with Crippen LogP contribution >= 0.6 is 0 Å². The number of hydrogen-bond donors (Lipinski definition) is 1. The fourth-order valence-corrected chi connectivity index (χ4v) is 6.23. The van der Waals surface area contributed by atoms with Crippen molar-refractivity contribution in [3.05, 3.63) is 66.4 Å². The van der Waals surface area contributed by atoms with Crippen molar-refractivity contribution in [3.63, 3.8) is 0 Å². The lowest BCUT2D eigenvalue weighted by molar-refractivity contribution is 0.00520. The van der Waals surface area contributed by atoms with Crippen molar-refractivity contribution >= 4 is 27.8 Å². The van der Waals surface area contributed by atoms with E-state index in [1.807, 2.05) is 29.1 Å². The van der Waals surface area contributed by atoms with Gasteiger partial charge in [0, 0.05) is 30.1 Å². The number of halogens is 1. The van der Waals surface area contributed by atoms with E-state index in [9.17, 15) is 4.39 Å². The molecule has 10 heteroatoms. The summed E-state index contributed by atoms with van der Waals surface area (Å²) in [6.07, 6.45) is 7.74. The van der Waals surface area contributed by atoms with Crippen LogP contribution in [-0.4, -0.2) is 66.8 Å². The van der Waals surface area contributed by atoms with Crippen LogP contribution in [0.5, 0.6) is 0 Å². The van der Waals surface area contributed by atoms with Crippen molar-refractivity contribution in [1.29, 1.82) is 0 Å². The third-order valence-electron chi connectivity index (χ3n) is 8.23. The molecule has 0 bridgehead atoms. The first-order chi connectivity index (χ1) is 19.1. The number of morpholine rings is 1. The Morgan fingerprint density at radius 1 is 0.974 bits per heavy atom. The Bertz CT molecular complexity index is 1630. The Morgan fingerprint density at radius 2 is 1.79 bits per heavy atom.